The molecule has 0 spiro atoms. The predicted molar refractivity (Wildman–Crippen MR) is 79.3 cm³/mol. The van der Waals surface area contributed by atoms with Gasteiger partial charge in [0.1, 0.15) is 5.76 Å². The molecule has 0 saturated carbocycles. The Balaban J connectivity index is 2.19. The highest BCUT2D eigenvalue weighted by Crippen LogP contribution is 2.16. The maximum absolute atomic E-state index is 12.5. The molecule has 4 heteroatoms. The lowest BCUT2D eigenvalue weighted by Gasteiger charge is -2.22. The van der Waals surface area contributed by atoms with Gasteiger partial charge in [-0.25, -0.2) is 0 Å². The Morgan fingerprint density at radius 1 is 1.35 bits per heavy atom. The van der Waals surface area contributed by atoms with E-state index in [-0.39, 0.29) is 5.91 Å². The molecule has 1 aromatic carbocycles. The van der Waals surface area contributed by atoms with Crippen LogP contribution in [0.2, 0.25) is 0 Å². The molecule has 1 amide bonds. The van der Waals surface area contributed by atoms with Gasteiger partial charge in [0.05, 0.1) is 11.8 Å². The second kappa shape index (κ2) is 6.28. The van der Waals surface area contributed by atoms with Crippen molar-refractivity contribution in [1.82, 2.24) is 4.90 Å². The fraction of sp³-hybridized carbons (Fsp3) is 0.312. The average Bonchev–Trinajstić information content (AvgIpc) is 2.84. The van der Waals surface area contributed by atoms with E-state index in [0.717, 1.165) is 12.0 Å². The van der Waals surface area contributed by atoms with Crippen molar-refractivity contribution < 1.29 is 9.21 Å². The van der Waals surface area contributed by atoms with Crippen LogP contribution in [0.4, 0.5) is 5.69 Å². The first-order valence-corrected chi connectivity index (χ1v) is 6.79. The number of benzene rings is 1. The van der Waals surface area contributed by atoms with Gasteiger partial charge in [-0.15, -0.1) is 0 Å². The molecule has 0 unspecified atom stereocenters. The fourth-order valence-corrected chi connectivity index (χ4v) is 2.21. The van der Waals surface area contributed by atoms with Crippen molar-refractivity contribution in [2.24, 2.45) is 0 Å². The standard InChI is InChI=1S/C16H20N2O2/c1-3-8-18(11-13-5-4-6-14(17)10-13)16(19)15-7-9-20-12(15)2/h4-7,9-10H,3,8,11,17H2,1-2H3. The van der Waals surface area contributed by atoms with E-state index in [4.69, 9.17) is 10.2 Å². The number of rotatable bonds is 5. The van der Waals surface area contributed by atoms with Crippen molar-refractivity contribution in [2.45, 2.75) is 26.8 Å². The number of carbonyl (C=O) groups excluding carboxylic acids is 1. The summed E-state index contributed by atoms with van der Waals surface area (Å²) in [5.74, 6) is 0.657. The first kappa shape index (κ1) is 14.2. The first-order chi connectivity index (χ1) is 9.61. The van der Waals surface area contributed by atoms with Gasteiger partial charge >= 0.3 is 0 Å². The van der Waals surface area contributed by atoms with Crippen LogP contribution in [0.5, 0.6) is 0 Å². The number of hydrogen-bond acceptors (Lipinski definition) is 3. The zero-order valence-electron chi connectivity index (χ0n) is 11.9. The van der Waals surface area contributed by atoms with Crippen LogP contribution < -0.4 is 5.73 Å². The maximum atomic E-state index is 12.5. The maximum Gasteiger partial charge on any atom is 0.257 e. The molecular formula is C16H20N2O2. The number of anilines is 1. The van der Waals surface area contributed by atoms with Crippen molar-refractivity contribution >= 4 is 11.6 Å². The van der Waals surface area contributed by atoms with E-state index in [2.05, 4.69) is 6.92 Å². The van der Waals surface area contributed by atoms with Gasteiger partial charge in [0.2, 0.25) is 0 Å². The van der Waals surface area contributed by atoms with Gasteiger partial charge in [-0.1, -0.05) is 19.1 Å². The molecule has 20 heavy (non-hydrogen) atoms. The Hall–Kier alpha value is -2.23. The van der Waals surface area contributed by atoms with E-state index in [0.29, 0.717) is 30.1 Å². The zero-order valence-corrected chi connectivity index (χ0v) is 11.9. The third kappa shape index (κ3) is 3.20. The molecule has 0 bridgehead atoms. The summed E-state index contributed by atoms with van der Waals surface area (Å²) in [5, 5.41) is 0. The van der Waals surface area contributed by atoms with Crippen LogP contribution in [0.15, 0.2) is 41.0 Å². The summed E-state index contributed by atoms with van der Waals surface area (Å²) in [5.41, 5.74) is 8.16. The van der Waals surface area contributed by atoms with Gasteiger partial charge in [0, 0.05) is 18.8 Å². The molecule has 4 nitrogen and oxygen atoms in total. The van der Waals surface area contributed by atoms with Crippen molar-refractivity contribution in [1.29, 1.82) is 0 Å². The summed E-state index contributed by atoms with van der Waals surface area (Å²) in [7, 11) is 0. The quantitative estimate of drug-likeness (QED) is 0.850. The highest BCUT2D eigenvalue weighted by atomic mass is 16.3. The summed E-state index contributed by atoms with van der Waals surface area (Å²) in [6, 6.07) is 9.35. The monoisotopic (exact) mass is 272 g/mol. The molecular weight excluding hydrogens is 252 g/mol. The van der Waals surface area contributed by atoms with Gasteiger partial charge in [0.15, 0.2) is 0 Å². The Morgan fingerprint density at radius 2 is 2.15 bits per heavy atom. The van der Waals surface area contributed by atoms with Crippen LogP contribution in [0, 0.1) is 6.92 Å². The number of carbonyl (C=O) groups is 1. The van der Waals surface area contributed by atoms with Gasteiger partial charge in [0.25, 0.3) is 5.91 Å². The number of aryl methyl sites for hydroxylation is 1. The Bertz CT molecular complexity index is 590. The normalized spacial score (nSPS) is 10.5. The van der Waals surface area contributed by atoms with E-state index >= 15 is 0 Å². The van der Waals surface area contributed by atoms with E-state index < -0.39 is 0 Å². The molecule has 0 aliphatic carbocycles. The topological polar surface area (TPSA) is 59.5 Å². The first-order valence-electron chi connectivity index (χ1n) is 6.79. The van der Waals surface area contributed by atoms with Crippen LogP contribution in [0.3, 0.4) is 0 Å². The second-order valence-corrected chi connectivity index (χ2v) is 4.86. The second-order valence-electron chi connectivity index (χ2n) is 4.86. The Morgan fingerprint density at radius 3 is 2.75 bits per heavy atom. The summed E-state index contributed by atoms with van der Waals surface area (Å²) in [6.45, 7) is 5.13. The lowest BCUT2D eigenvalue weighted by Crippen LogP contribution is -2.31. The molecule has 1 heterocycles. The van der Waals surface area contributed by atoms with Crippen LogP contribution in [-0.2, 0) is 6.54 Å². The molecule has 0 saturated heterocycles. The van der Waals surface area contributed by atoms with Crippen molar-refractivity contribution in [3.63, 3.8) is 0 Å². The fourth-order valence-electron chi connectivity index (χ4n) is 2.21. The minimum atomic E-state index is 0.000486. The van der Waals surface area contributed by atoms with E-state index in [1.165, 1.54) is 0 Å². The highest BCUT2D eigenvalue weighted by molar-refractivity contribution is 5.95. The average molecular weight is 272 g/mol. The zero-order chi connectivity index (χ0) is 14.5. The molecule has 2 N–H and O–H groups in total. The Kier molecular flexibility index (Phi) is 4.45. The van der Waals surface area contributed by atoms with Crippen LogP contribution in [-0.4, -0.2) is 17.4 Å². The molecule has 0 fully saturated rings. The number of amides is 1. The molecule has 0 aliphatic heterocycles. The van der Waals surface area contributed by atoms with Gasteiger partial charge in [-0.3, -0.25) is 4.79 Å². The Labute approximate surface area is 119 Å². The number of furan rings is 1. The summed E-state index contributed by atoms with van der Waals surface area (Å²) >= 11 is 0. The third-order valence-corrected chi connectivity index (χ3v) is 3.19. The lowest BCUT2D eigenvalue weighted by molar-refractivity contribution is 0.0741. The van der Waals surface area contributed by atoms with Crippen LogP contribution >= 0.6 is 0 Å². The van der Waals surface area contributed by atoms with Crippen molar-refractivity contribution in [3.05, 3.63) is 53.5 Å². The third-order valence-electron chi connectivity index (χ3n) is 3.19. The highest BCUT2D eigenvalue weighted by Gasteiger charge is 2.19. The molecule has 0 atom stereocenters. The van der Waals surface area contributed by atoms with Gasteiger partial charge in [-0.05, 0) is 37.1 Å². The van der Waals surface area contributed by atoms with Gasteiger partial charge in [-0.2, -0.15) is 0 Å². The molecule has 0 radical (unpaired) electrons. The lowest BCUT2D eigenvalue weighted by atomic mass is 10.1. The predicted octanol–water partition coefficient (Wildman–Crippen LogP) is 3.22. The van der Waals surface area contributed by atoms with Crippen molar-refractivity contribution in [2.75, 3.05) is 12.3 Å². The number of nitrogen functional groups attached to an aromatic ring is 1. The van der Waals surface area contributed by atoms with Gasteiger partial charge < -0.3 is 15.1 Å². The molecule has 1 aromatic heterocycles. The molecule has 2 aromatic rings. The molecule has 2 rings (SSSR count). The smallest absolute Gasteiger partial charge is 0.257 e. The van der Waals surface area contributed by atoms with Crippen molar-refractivity contribution in [3.8, 4) is 0 Å². The minimum Gasteiger partial charge on any atom is -0.469 e. The van der Waals surface area contributed by atoms with Crippen LogP contribution in [0.1, 0.15) is 35.0 Å². The van der Waals surface area contributed by atoms with E-state index in [9.17, 15) is 4.79 Å². The summed E-state index contributed by atoms with van der Waals surface area (Å²) in [6.07, 6.45) is 2.46. The van der Waals surface area contributed by atoms with E-state index in [1.54, 1.807) is 19.3 Å². The largest absolute Gasteiger partial charge is 0.469 e. The minimum absolute atomic E-state index is 0.000486. The van der Waals surface area contributed by atoms with E-state index in [1.807, 2.05) is 29.2 Å². The SMILES string of the molecule is CCCN(Cc1cccc(N)c1)C(=O)c1ccoc1C. The molecule has 0 aliphatic rings. The molecule has 106 valence electrons. The van der Waals surface area contributed by atoms with Crippen LogP contribution in [0.25, 0.3) is 0 Å². The number of nitrogens with two attached hydrogens (primary N) is 1. The number of hydrogen-bond donors (Lipinski definition) is 1. The number of nitrogens with zero attached hydrogens (tertiary/aromatic N) is 1. The summed E-state index contributed by atoms with van der Waals surface area (Å²) in [4.78, 5) is 14.4. The summed E-state index contributed by atoms with van der Waals surface area (Å²) < 4.78 is 5.22.